The van der Waals surface area contributed by atoms with Crippen LogP contribution in [0.5, 0.6) is 0 Å². The number of hydrogen-bond donors (Lipinski definition) is 1. The molecular weight excluding hydrogens is 537 g/mol. The predicted molar refractivity (Wildman–Crippen MR) is 151 cm³/mol. The number of hydroxylamine groups is 1. The molecule has 1 aromatic carbocycles. The minimum absolute atomic E-state index is 0.0174. The van der Waals surface area contributed by atoms with E-state index in [0.717, 1.165) is 0 Å². The van der Waals surface area contributed by atoms with Gasteiger partial charge in [-0.2, -0.15) is 0 Å². The second-order valence-electron chi connectivity index (χ2n) is 12.0. The molecule has 1 N–H and O–H groups in total. The summed E-state index contributed by atoms with van der Waals surface area (Å²) in [5, 5.41) is 0. The molecule has 4 heteroatoms. The van der Waals surface area contributed by atoms with Crippen molar-refractivity contribution >= 4 is 24.3 Å². The van der Waals surface area contributed by atoms with Crippen molar-refractivity contribution in [2.75, 3.05) is 0 Å². The van der Waals surface area contributed by atoms with Gasteiger partial charge in [0.1, 0.15) is 0 Å². The van der Waals surface area contributed by atoms with Crippen LogP contribution in [0.15, 0.2) is 40.0 Å². The summed E-state index contributed by atoms with van der Waals surface area (Å²) in [5.41, 5.74) is 4.20. The van der Waals surface area contributed by atoms with E-state index in [1.54, 1.807) is 0 Å². The molecule has 0 radical (unpaired) electrons. The molecule has 0 saturated heterocycles. The molecule has 3 rings (SSSR count). The summed E-state index contributed by atoms with van der Waals surface area (Å²) in [4.78, 5) is 18.8. The Morgan fingerprint density at radius 3 is 1.97 bits per heavy atom. The Morgan fingerprint density at radius 1 is 0.914 bits per heavy atom. The molecule has 0 aromatic heterocycles. The van der Waals surface area contributed by atoms with Gasteiger partial charge in [-0.3, -0.25) is 0 Å². The van der Waals surface area contributed by atoms with E-state index in [1.165, 1.54) is 83.9 Å². The maximum atomic E-state index is 12.9. The zero-order chi connectivity index (χ0) is 25.4. The SMILES string of the molecule is CCC[CH2][Sn]([CH2]CCC)([CH2]CCC)[C]1=CC(C)(C)C(NOC(=O)c2ccccc2)C12CCCCC2. The van der Waals surface area contributed by atoms with Gasteiger partial charge in [0.2, 0.25) is 0 Å². The van der Waals surface area contributed by atoms with E-state index >= 15 is 0 Å². The van der Waals surface area contributed by atoms with E-state index in [2.05, 4.69) is 46.2 Å². The van der Waals surface area contributed by atoms with Gasteiger partial charge in [-0.25, -0.2) is 0 Å². The van der Waals surface area contributed by atoms with E-state index in [1.807, 2.05) is 33.9 Å². The van der Waals surface area contributed by atoms with Gasteiger partial charge in [-0.05, 0) is 0 Å². The number of rotatable bonds is 13. The molecular formula is C31H51NO2Sn. The van der Waals surface area contributed by atoms with Crippen LogP contribution in [-0.2, 0) is 4.84 Å². The molecule has 1 atom stereocenters. The molecule has 0 amide bonds. The van der Waals surface area contributed by atoms with Gasteiger partial charge in [0.25, 0.3) is 0 Å². The van der Waals surface area contributed by atoms with Gasteiger partial charge in [-0.1, -0.05) is 0 Å². The minimum atomic E-state index is -2.64. The van der Waals surface area contributed by atoms with Crippen LogP contribution in [0, 0.1) is 10.8 Å². The molecule has 1 saturated carbocycles. The summed E-state index contributed by atoms with van der Waals surface area (Å²) in [6.07, 6.45) is 17.3. The summed E-state index contributed by atoms with van der Waals surface area (Å²) < 4.78 is 6.45. The molecule has 1 aromatic rings. The molecule has 3 nitrogen and oxygen atoms in total. The van der Waals surface area contributed by atoms with E-state index in [0.29, 0.717) is 5.56 Å². The summed E-state index contributed by atoms with van der Waals surface area (Å²) in [6, 6.07) is 9.58. The van der Waals surface area contributed by atoms with Crippen LogP contribution in [0.4, 0.5) is 0 Å². The van der Waals surface area contributed by atoms with Gasteiger partial charge in [0.05, 0.1) is 0 Å². The van der Waals surface area contributed by atoms with Gasteiger partial charge >= 0.3 is 220 Å². The molecule has 0 bridgehead atoms. The number of nitrogens with one attached hydrogen (secondary N) is 1. The van der Waals surface area contributed by atoms with Crippen molar-refractivity contribution in [3.8, 4) is 0 Å². The van der Waals surface area contributed by atoms with Crippen molar-refractivity contribution in [1.29, 1.82) is 0 Å². The Hall–Kier alpha value is -0.811. The van der Waals surface area contributed by atoms with Crippen LogP contribution < -0.4 is 5.48 Å². The fourth-order valence-electron chi connectivity index (χ4n) is 7.22. The zero-order valence-electron chi connectivity index (χ0n) is 23.3. The second kappa shape index (κ2) is 13.1. The Kier molecular flexibility index (Phi) is 10.8. The first-order chi connectivity index (χ1) is 16.8. The Morgan fingerprint density at radius 2 is 1.46 bits per heavy atom. The first-order valence-electron chi connectivity index (χ1n) is 14.6. The van der Waals surface area contributed by atoms with E-state index in [-0.39, 0.29) is 22.8 Å². The average molecular weight is 588 g/mol. The third-order valence-corrected chi connectivity index (χ3v) is 25.3. The summed E-state index contributed by atoms with van der Waals surface area (Å²) in [6.45, 7) is 11.9. The zero-order valence-corrected chi connectivity index (χ0v) is 26.1. The summed E-state index contributed by atoms with van der Waals surface area (Å²) in [7, 11) is 0. The number of benzene rings is 1. The van der Waals surface area contributed by atoms with Crippen LogP contribution in [0.1, 0.15) is 116 Å². The van der Waals surface area contributed by atoms with Crippen molar-refractivity contribution < 1.29 is 9.63 Å². The van der Waals surface area contributed by atoms with Gasteiger partial charge < -0.3 is 0 Å². The molecule has 35 heavy (non-hydrogen) atoms. The summed E-state index contributed by atoms with van der Waals surface area (Å²) >= 11 is -2.64. The monoisotopic (exact) mass is 589 g/mol. The molecule has 1 unspecified atom stereocenters. The van der Waals surface area contributed by atoms with Crippen LogP contribution in [0.3, 0.4) is 0 Å². The van der Waals surface area contributed by atoms with E-state index in [9.17, 15) is 4.79 Å². The second-order valence-corrected chi connectivity index (χ2v) is 25.1. The molecule has 2 aliphatic carbocycles. The number of hydrogen-bond acceptors (Lipinski definition) is 3. The standard InChI is InChI=1S/C19H24NO2.3C4H9.Sn/c1-18(2)13-14-19(11-7-4-8-12-19)17(18)20-22-16(21)15-9-5-3-6-10-15;3*1-3-4-2;/h3,5-6,9-10,13,17,20H,4,7-8,11-12H2,1-2H3;3*1,3-4H2,2H3;. The third-order valence-electron chi connectivity index (χ3n) is 8.97. The molecule has 0 heterocycles. The number of carbonyl (C=O) groups excluding carboxylic acids is 1. The van der Waals surface area contributed by atoms with Crippen molar-refractivity contribution in [3.05, 3.63) is 45.6 Å². The van der Waals surface area contributed by atoms with E-state index in [4.69, 9.17) is 4.84 Å². The predicted octanol–water partition coefficient (Wildman–Crippen LogP) is 9.02. The maximum absolute atomic E-state index is 12.9. The van der Waals surface area contributed by atoms with Crippen molar-refractivity contribution in [1.82, 2.24) is 5.48 Å². The Balaban J connectivity index is 1.98. The Bertz CT molecular complexity index is 804. The van der Waals surface area contributed by atoms with Crippen molar-refractivity contribution in [3.63, 3.8) is 0 Å². The molecule has 1 spiro atoms. The van der Waals surface area contributed by atoms with Crippen molar-refractivity contribution in [2.45, 2.75) is 125 Å². The van der Waals surface area contributed by atoms with Gasteiger partial charge in [0.15, 0.2) is 0 Å². The van der Waals surface area contributed by atoms with Gasteiger partial charge in [-0.15, -0.1) is 0 Å². The average Bonchev–Trinajstić information content (AvgIpc) is 3.09. The van der Waals surface area contributed by atoms with Crippen LogP contribution in [-0.4, -0.2) is 30.4 Å². The molecule has 0 aliphatic heterocycles. The first kappa shape index (κ1) is 28.8. The third kappa shape index (κ3) is 6.55. The number of unbranched alkanes of at least 4 members (excludes halogenated alkanes) is 3. The quantitative estimate of drug-likeness (QED) is 0.185. The van der Waals surface area contributed by atoms with Crippen LogP contribution in [0.2, 0.25) is 13.3 Å². The topological polar surface area (TPSA) is 38.3 Å². The number of carbonyl (C=O) groups is 1. The normalized spacial score (nSPS) is 21.2. The van der Waals surface area contributed by atoms with Crippen LogP contribution in [0.25, 0.3) is 0 Å². The molecule has 2 aliphatic rings. The molecule has 1 fully saturated rings. The van der Waals surface area contributed by atoms with Crippen molar-refractivity contribution in [2.24, 2.45) is 10.8 Å². The first-order valence-corrected chi connectivity index (χ1v) is 22.1. The fraction of sp³-hybridized carbons (Fsp3) is 0.710. The Labute approximate surface area is 219 Å². The van der Waals surface area contributed by atoms with E-state index < -0.39 is 18.4 Å². The molecule has 196 valence electrons. The van der Waals surface area contributed by atoms with Crippen LogP contribution >= 0.6 is 0 Å². The fourth-order valence-corrected chi connectivity index (χ4v) is 26.6. The van der Waals surface area contributed by atoms with Gasteiger partial charge in [0, 0.05) is 0 Å². The summed E-state index contributed by atoms with van der Waals surface area (Å²) in [5.74, 6) is -0.265.